The van der Waals surface area contributed by atoms with Crippen LogP contribution < -0.4 is 11.5 Å². The van der Waals surface area contributed by atoms with E-state index in [4.69, 9.17) is 11.5 Å². The lowest BCUT2D eigenvalue weighted by molar-refractivity contribution is 0.733. The molecular formula is C13H16N2S. The molecule has 2 aromatic rings. The first-order valence-corrected chi connectivity index (χ1v) is 6.19. The van der Waals surface area contributed by atoms with Gasteiger partial charge >= 0.3 is 0 Å². The molecule has 1 atom stereocenters. The fourth-order valence-corrected chi connectivity index (χ4v) is 2.74. The van der Waals surface area contributed by atoms with Crippen LogP contribution in [-0.2, 0) is 6.42 Å². The van der Waals surface area contributed by atoms with Gasteiger partial charge in [0.15, 0.2) is 0 Å². The number of hydrogen-bond donors (Lipinski definition) is 2. The third-order valence-electron chi connectivity index (χ3n) is 2.73. The molecule has 0 aliphatic rings. The molecule has 3 heteroatoms. The maximum atomic E-state index is 6.20. The first-order chi connectivity index (χ1) is 7.68. The number of thiophene rings is 1. The van der Waals surface area contributed by atoms with Gasteiger partial charge in [-0.1, -0.05) is 18.2 Å². The number of para-hydroxylation sites is 1. The zero-order chi connectivity index (χ0) is 11.5. The maximum Gasteiger partial charge on any atom is 0.0434 e. The van der Waals surface area contributed by atoms with Crippen LogP contribution in [0, 0.1) is 6.92 Å². The summed E-state index contributed by atoms with van der Waals surface area (Å²) in [5.74, 6) is 0. The van der Waals surface area contributed by atoms with Crippen molar-refractivity contribution in [2.75, 3.05) is 5.73 Å². The van der Waals surface area contributed by atoms with Crippen molar-refractivity contribution >= 4 is 17.0 Å². The highest BCUT2D eigenvalue weighted by atomic mass is 32.1. The van der Waals surface area contributed by atoms with Crippen LogP contribution in [0.15, 0.2) is 35.7 Å². The smallest absolute Gasteiger partial charge is 0.0434 e. The molecule has 0 saturated carbocycles. The monoisotopic (exact) mass is 232 g/mol. The zero-order valence-electron chi connectivity index (χ0n) is 9.31. The average molecular weight is 232 g/mol. The van der Waals surface area contributed by atoms with E-state index in [0.717, 1.165) is 17.7 Å². The molecule has 0 unspecified atom stereocenters. The fraction of sp³-hybridized carbons (Fsp3) is 0.231. The molecule has 2 rings (SSSR count). The standard InChI is InChI=1S/C13H16N2S/c1-9-6-7-16-13(9)12(15)8-10-4-2-3-5-11(10)14/h2-7,12H,8,14-15H2,1H3/t12-/m1/s1. The van der Waals surface area contributed by atoms with Gasteiger partial charge in [-0.3, -0.25) is 0 Å². The second-order valence-electron chi connectivity index (χ2n) is 3.98. The van der Waals surface area contributed by atoms with Gasteiger partial charge in [-0.2, -0.15) is 0 Å². The summed E-state index contributed by atoms with van der Waals surface area (Å²) in [4.78, 5) is 1.25. The highest BCUT2D eigenvalue weighted by Gasteiger charge is 2.12. The summed E-state index contributed by atoms with van der Waals surface area (Å²) in [6, 6.07) is 10.1. The van der Waals surface area contributed by atoms with Crippen LogP contribution >= 0.6 is 11.3 Å². The average Bonchev–Trinajstić information content (AvgIpc) is 2.68. The van der Waals surface area contributed by atoms with Crippen molar-refractivity contribution in [3.63, 3.8) is 0 Å². The van der Waals surface area contributed by atoms with E-state index >= 15 is 0 Å². The van der Waals surface area contributed by atoms with Gasteiger partial charge in [0.1, 0.15) is 0 Å². The Balaban J connectivity index is 2.17. The van der Waals surface area contributed by atoms with Crippen LogP contribution in [0.25, 0.3) is 0 Å². The third-order valence-corrected chi connectivity index (χ3v) is 3.88. The number of anilines is 1. The molecule has 1 aromatic carbocycles. The van der Waals surface area contributed by atoms with Gasteiger partial charge in [0, 0.05) is 16.6 Å². The minimum Gasteiger partial charge on any atom is -0.399 e. The molecule has 84 valence electrons. The van der Waals surface area contributed by atoms with Crippen LogP contribution in [0.4, 0.5) is 5.69 Å². The summed E-state index contributed by atoms with van der Waals surface area (Å²) < 4.78 is 0. The first kappa shape index (κ1) is 11.2. The lowest BCUT2D eigenvalue weighted by Gasteiger charge is -2.12. The molecule has 0 bridgehead atoms. The number of aryl methyl sites for hydroxylation is 1. The van der Waals surface area contributed by atoms with Crippen molar-refractivity contribution < 1.29 is 0 Å². The lowest BCUT2D eigenvalue weighted by Crippen LogP contribution is -2.13. The second-order valence-corrected chi connectivity index (χ2v) is 4.92. The Labute approximate surface area is 99.9 Å². The van der Waals surface area contributed by atoms with E-state index in [-0.39, 0.29) is 6.04 Å². The first-order valence-electron chi connectivity index (χ1n) is 5.31. The summed E-state index contributed by atoms with van der Waals surface area (Å²) in [5.41, 5.74) is 15.3. The van der Waals surface area contributed by atoms with E-state index in [1.807, 2.05) is 24.3 Å². The second kappa shape index (κ2) is 4.68. The quantitative estimate of drug-likeness (QED) is 0.799. The minimum absolute atomic E-state index is 0.0460. The van der Waals surface area contributed by atoms with Crippen LogP contribution in [0.3, 0.4) is 0 Å². The SMILES string of the molecule is Cc1ccsc1[C@H](N)Cc1ccccc1N. The Bertz CT molecular complexity index is 476. The van der Waals surface area contributed by atoms with E-state index in [1.165, 1.54) is 10.4 Å². The van der Waals surface area contributed by atoms with Gasteiger partial charge < -0.3 is 11.5 Å². The van der Waals surface area contributed by atoms with Crippen LogP contribution in [0.5, 0.6) is 0 Å². The summed E-state index contributed by atoms with van der Waals surface area (Å²) in [6.07, 6.45) is 0.800. The molecule has 1 aromatic heterocycles. The Hall–Kier alpha value is -1.32. The molecule has 0 fully saturated rings. The van der Waals surface area contributed by atoms with Crippen molar-refractivity contribution in [3.05, 3.63) is 51.7 Å². The molecule has 0 amide bonds. The Morgan fingerprint density at radius 3 is 2.62 bits per heavy atom. The summed E-state index contributed by atoms with van der Waals surface area (Å²) in [5, 5.41) is 2.08. The summed E-state index contributed by atoms with van der Waals surface area (Å²) in [6.45, 7) is 2.10. The zero-order valence-corrected chi connectivity index (χ0v) is 10.1. The van der Waals surface area contributed by atoms with E-state index in [9.17, 15) is 0 Å². The predicted molar refractivity (Wildman–Crippen MR) is 70.5 cm³/mol. The van der Waals surface area contributed by atoms with Gasteiger partial charge in [-0.25, -0.2) is 0 Å². The summed E-state index contributed by atoms with van der Waals surface area (Å²) in [7, 11) is 0. The molecule has 0 aliphatic carbocycles. The number of rotatable bonds is 3. The molecule has 16 heavy (non-hydrogen) atoms. The van der Waals surface area contributed by atoms with Gasteiger partial charge in [-0.05, 0) is 42.0 Å². The Kier molecular flexibility index (Phi) is 3.27. The third kappa shape index (κ3) is 2.26. The normalized spacial score (nSPS) is 12.6. The van der Waals surface area contributed by atoms with E-state index < -0.39 is 0 Å². The lowest BCUT2D eigenvalue weighted by atomic mass is 10.0. The minimum atomic E-state index is 0.0460. The number of nitrogen functional groups attached to an aromatic ring is 1. The van der Waals surface area contributed by atoms with Crippen molar-refractivity contribution in [3.8, 4) is 0 Å². The van der Waals surface area contributed by atoms with Gasteiger partial charge in [-0.15, -0.1) is 11.3 Å². The molecule has 0 radical (unpaired) electrons. The molecule has 1 heterocycles. The molecule has 0 spiro atoms. The van der Waals surface area contributed by atoms with Crippen LogP contribution in [0.1, 0.15) is 22.0 Å². The number of benzene rings is 1. The molecule has 0 aliphatic heterocycles. The molecule has 4 N–H and O–H groups in total. The van der Waals surface area contributed by atoms with Crippen molar-refractivity contribution in [2.45, 2.75) is 19.4 Å². The Morgan fingerprint density at radius 1 is 1.25 bits per heavy atom. The van der Waals surface area contributed by atoms with Crippen molar-refractivity contribution in [2.24, 2.45) is 5.73 Å². The highest BCUT2D eigenvalue weighted by Crippen LogP contribution is 2.26. The van der Waals surface area contributed by atoms with E-state index in [0.29, 0.717) is 0 Å². The van der Waals surface area contributed by atoms with Crippen molar-refractivity contribution in [1.29, 1.82) is 0 Å². The number of hydrogen-bond acceptors (Lipinski definition) is 3. The van der Waals surface area contributed by atoms with Gasteiger partial charge in [0.05, 0.1) is 0 Å². The number of nitrogens with two attached hydrogens (primary N) is 2. The fourth-order valence-electron chi connectivity index (χ4n) is 1.81. The van der Waals surface area contributed by atoms with E-state index in [1.54, 1.807) is 11.3 Å². The molecular weight excluding hydrogens is 216 g/mol. The maximum absolute atomic E-state index is 6.20. The molecule has 0 saturated heterocycles. The summed E-state index contributed by atoms with van der Waals surface area (Å²) >= 11 is 1.72. The Morgan fingerprint density at radius 2 is 2.00 bits per heavy atom. The topological polar surface area (TPSA) is 52.0 Å². The predicted octanol–water partition coefficient (Wildman–Crippen LogP) is 2.88. The van der Waals surface area contributed by atoms with Gasteiger partial charge in [0.25, 0.3) is 0 Å². The highest BCUT2D eigenvalue weighted by molar-refractivity contribution is 7.10. The van der Waals surface area contributed by atoms with E-state index in [2.05, 4.69) is 18.4 Å². The van der Waals surface area contributed by atoms with Crippen LogP contribution in [0.2, 0.25) is 0 Å². The molecule has 2 nitrogen and oxygen atoms in total. The largest absolute Gasteiger partial charge is 0.399 e. The van der Waals surface area contributed by atoms with Crippen LogP contribution in [-0.4, -0.2) is 0 Å². The van der Waals surface area contributed by atoms with Crippen molar-refractivity contribution in [1.82, 2.24) is 0 Å². The van der Waals surface area contributed by atoms with Gasteiger partial charge in [0.2, 0.25) is 0 Å².